The van der Waals surface area contributed by atoms with Crippen molar-refractivity contribution in [3.8, 4) is 11.6 Å². The first-order valence-corrected chi connectivity index (χ1v) is 7.34. The Bertz CT molecular complexity index is 600. The lowest BCUT2D eigenvalue weighted by atomic mass is 9.87. The lowest BCUT2D eigenvalue weighted by Crippen LogP contribution is -2.18. The predicted molar refractivity (Wildman–Crippen MR) is 86.8 cm³/mol. The van der Waals surface area contributed by atoms with E-state index in [9.17, 15) is 0 Å². The number of nitrogens with two attached hydrogens (primary N) is 1. The molecule has 1 aromatic heterocycles. The van der Waals surface area contributed by atoms with Crippen molar-refractivity contribution in [1.29, 1.82) is 0 Å². The van der Waals surface area contributed by atoms with Gasteiger partial charge in [0.05, 0.1) is 0 Å². The summed E-state index contributed by atoms with van der Waals surface area (Å²) in [6, 6.07) is 12.2. The third kappa shape index (κ3) is 4.30. The zero-order chi connectivity index (χ0) is 15.5. The quantitative estimate of drug-likeness (QED) is 0.921. The molecule has 1 aromatic carbocycles. The van der Waals surface area contributed by atoms with E-state index in [1.807, 2.05) is 31.2 Å². The van der Waals surface area contributed by atoms with Crippen LogP contribution in [0.15, 0.2) is 42.6 Å². The summed E-state index contributed by atoms with van der Waals surface area (Å²) in [5, 5.41) is 0. The molecule has 0 aliphatic heterocycles. The highest BCUT2D eigenvalue weighted by Crippen LogP contribution is 2.29. The summed E-state index contributed by atoms with van der Waals surface area (Å²) in [5.74, 6) is 1.45. The summed E-state index contributed by atoms with van der Waals surface area (Å²) < 4.78 is 5.98. The molecule has 21 heavy (non-hydrogen) atoms. The molecule has 0 aliphatic rings. The van der Waals surface area contributed by atoms with Crippen LogP contribution in [0, 0.1) is 0 Å². The molecule has 0 bridgehead atoms. The second-order valence-electron chi connectivity index (χ2n) is 6.53. The number of pyridine rings is 1. The van der Waals surface area contributed by atoms with E-state index in [-0.39, 0.29) is 11.5 Å². The minimum Gasteiger partial charge on any atom is -0.439 e. The Morgan fingerprint density at radius 1 is 1.19 bits per heavy atom. The van der Waals surface area contributed by atoms with Crippen molar-refractivity contribution >= 4 is 0 Å². The van der Waals surface area contributed by atoms with Crippen LogP contribution < -0.4 is 10.5 Å². The summed E-state index contributed by atoms with van der Waals surface area (Å²) in [4.78, 5) is 4.34. The molecule has 3 heteroatoms. The van der Waals surface area contributed by atoms with Gasteiger partial charge in [0, 0.05) is 17.8 Å². The van der Waals surface area contributed by atoms with Crippen molar-refractivity contribution in [2.45, 2.75) is 45.6 Å². The molecule has 2 rings (SSSR count). The van der Waals surface area contributed by atoms with E-state index in [2.05, 4.69) is 37.9 Å². The summed E-state index contributed by atoms with van der Waals surface area (Å²) in [5.41, 5.74) is 8.26. The first kappa shape index (κ1) is 15.5. The van der Waals surface area contributed by atoms with Crippen molar-refractivity contribution in [3.05, 3.63) is 53.7 Å². The van der Waals surface area contributed by atoms with Crippen molar-refractivity contribution in [3.63, 3.8) is 0 Å². The molecule has 1 heterocycles. The van der Waals surface area contributed by atoms with Gasteiger partial charge in [-0.2, -0.15) is 0 Å². The molecule has 0 fully saturated rings. The fourth-order valence-electron chi connectivity index (χ4n) is 2.16. The lowest BCUT2D eigenvalue weighted by molar-refractivity contribution is 0.451. The molecule has 0 amide bonds. The third-order valence-corrected chi connectivity index (χ3v) is 3.31. The fraction of sp³-hybridized carbons (Fsp3) is 0.389. The second kappa shape index (κ2) is 6.27. The topological polar surface area (TPSA) is 48.1 Å². The largest absolute Gasteiger partial charge is 0.439 e. The zero-order valence-corrected chi connectivity index (χ0v) is 13.3. The maximum atomic E-state index is 5.98. The molecule has 2 N–H and O–H groups in total. The zero-order valence-electron chi connectivity index (χ0n) is 13.3. The average Bonchev–Trinajstić information content (AvgIpc) is 2.40. The molecule has 0 aliphatic carbocycles. The summed E-state index contributed by atoms with van der Waals surface area (Å²) in [6.45, 7) is 8.55. The van der Waals surface area contributed by atoms with Crippen LogP contribution in [0.3, 0.4) is 0 Å². The molecular formula is C18H24N2O. The standard InChI is InChI=1S/C18H24N2O/c1-13(19)11-14-7-6-10-20-17(14)21-16-9-5-8-15(12-16)18(2,3)4/h5-10,12-13H,11,19H2,1-4H3. The van der Waals surface area contributed by atoms with Gasteiger partial charge in [-0.3, -0.25) is 0 Å². The van der Waals surface area contributed by atoms with E-state index in [4.69, 9.17) is 10.5 Å². The average molecular weight is 284 g/mol. The number of benzene rings is 1. The molecule has 112 valence electrons. The Kier molecular flexibility index (Phi) is 4.63. The van der Waals surface area contributed by atoms with Gasteiger partial charge in [0.15, 0.2) is 0 Å². The van der Waals surface area contributed by atoms with Crippen LogP contribution in [0.4, 0.5) is 0 Å². The first-order valence-electron chi connectivity index (χ1n) is 7.34. The van der Waals surface area contributed by atoms with Crippen molar-refractivity contribution in [1.82, 2.24) is 4.98 Å². The predicted octanol–water partition coefficient (Wildman–Crippen LogP) is 4.06. The SMILES string of the molecule is CC(N)Cc1cccnc1Oc1cccc(C(C)(C)C)c1. The maximum absolute atomic E-state index is 5.98. The first-order chi connectivity index (χ1) is 9.86. The summed E-state index contributed by atoms with van der Waals surface area (Å²) in [7, 11) is 0. The van der Waals surface area contributed by atoms with E-state index in [0.717, 1.165) is 17.7 Å². The van der Waals surface area contributed by atoms with Crippen LogP contribution in [-0.2, 0) is 11.8 Å². The van der Waals surface area contributed by atoms with Gasteiger partial charge in [-0.05, 0) is 42.5 Å². The van der Waals surface area contributed by atoms with Crippen molar-refractivity contribution < 1.29 is 4.74 Å². The van der Waals surface area contributed by atoms with Crippen molar-refractivity contribution in [2.24, 2.45) is 5.73 Å². The van der Waals surface area contributed by atoms with Gasteiger partial charge >= 0.3 is 0 Å². The molecule has 0 saturated heterocycles. The van der Waals surface area contributed by atoms with Gasteiger partial charge in [0.2, 0.25) is 5.88 Å². The summed E-state index contributed by atoms with van der Waals surface area (Å²) in [6.07, 6.45) is 2.50. The van der Waals surface area contributed by atoms with E-state index >= 15 is 0 Å². The van der Waals surface area contributed by atoms with Crippen LogP contribution in [-0.4, -0.2) is 11.0 Å². The van der Waals surface area contributed by atoms with E-state index < -0.39 is 0 Å². The molecule has 0 spiro atoms. The van der Waals surface area contributed by atoms with Gasteiger partial charge in [-0.25, -0.2) is 4.98 Å². The number of hydrogen-bond acceptors (Lipinski definition) is 3. The van der Waals surface area contributed by atoms with E-state index in [1.165, 1.54) is 5.56 Å². The highest BCUT2D eigenvalue weighted by atomic mass is 16.5. The number of rotatable bonds is 4. The molecule has 0 radical (unpaired) electrons. The number of ether oxygens (including phenoxy) is 1. The Hall–Kier alpha value is -1.87. The van der Waals surface area contributed by atoms with Gasteiger partial charge in [0.1, 0.15) is 5.75 Å². The van der Waals surface area contributed by atoms with E-state index in [0.29, 0.717) is 5.88 Å². The molecule has 0 saturated carbocycles. The number of aromatic nitrogens is 1. The third-order valence-electron chi connectivity index (χ3n) is 3.31. The molecule has 2 aromatic rings. The summed E-state index contributed by atoms with van der Waals surface area (Å²) >= 11 is 0. The molecule has 1 unspecified atom stereocenters. The van der Waals surface area contributed by atoms with Crippen LogP contribution >= 0.6 is 0 Å². The Balaban J connectivity index is 2.26. The molecule has 1 atom stereocenters. The lowest BCUT2D eigenvalue weighted by Gasteiger charge is -2.20. The number of hydrogen-bond donors (Lipinski definition) is 1. The van der Waals surface area contributed by atoms with Crippen LogP contribution in [0.5, 0.6) is 11.6 Å². The Morgan fingerprint density at radius 2 is 1.95 bits per heavy atom. The maximum Gasteiger partial charge on any atom is 0.222 e. The Morgan fingerprint density at radius 3 is 2.62 bits per heavy atom. The van der Waals surface area contributed by atoms with E-state index in [1.54, 1.807) is 6.20 Å². The highest BCUT2D eigenvalue weighted by Gasteiger charge is 2.15. The van der Waals surface area contributed by atoms with Gasteiger partial charge < -0.3 is 10.5 Å². The van der Waals surface area contributed by atoms with Crippen molar-refractivity contribution in [2.75, 3.05) is 0 Å². The normalized spacial score (nSPS) is 13.0. The minimum atomic E-state index is 0.0810. The second-order valence-corrected chi connectivity index (χ2v) is 6.53. The highest BCUT2D eigenvalue weighted by molar-refractivity contribution is 5.37. The van der Waals surface area contributed by atoms with Crippen LogP contribution in [0.25, 0.3) is 0 Å². The fourth-order valence-corrected chi connectivity index (χ4v) is 2.16. The smallest absolute Gasteiger partial charge is 0.222 e. The molecule has 3 nitrogen and oxygen atoms in total. The molecular weight excluding hydrogens is 260 g/mol. The van der Waals surface area contributed by atoms with Gasteiger partial charge in [-0.1, -0.05) is 39.0 Å². The van der Waals surface area contributed by atoms with Gasteiger partial charge in [0.25, 0.3) is 0 Å². The number of nitrogens with zero attached hydrogens (tertiary/aromatic N) is 1. The van der Waals surface area contributed by atoms with Crippen LogP contribution in [0.1, 0.15) is 38.8 Å². The van der Waals surface area contributed by atoms with Gasteiger partial charge in [-0.15, -0.1) is 0 Å². The van der Waals surface area contributed by atoms with Crippen LogP contribution in [0.2, 0.25) is 0 Å². The monoisotopic (exact) mass is 284 g/mol. The Labute approximate surface area is 127 Å². The minimum absolute atomic E-state index is 0.0810.